The Hall–Kier alpha value is -3.02. The molecular weight excluding hydrogens is 380 g/mol. The van der Waals surface area contributed by atoms with Crippen molar-refractivity contribution >= 4 is 12.0 Å². The number of amides is 2. The first kappa shape index (κ1) is 21.7. The fourth-order valence-electron chi connectivity index (χ4n) is 3.52. The molecule has 1 aliphatic rings. The molecule has 1 fully saturated rings. The third-order valence-corrected chi connectivity index (χ3v) is 5.02. The van der Waals surface area contributed by atoms with Crippen LogP contribution in [-0.4, -0.2) is 53.6 Å². The highest BCUT2D eigenvalue weighted by atomic mass is 16.6. The van der Waals surface area contributed by atoms with Crippen LogP contribution in [0.4, 0.5) is 4.79 Å². The molecule has 0 aliphatic carbocycles. The van der Waals surface area contributed by atoms with Crippen molar-refractivity contribution < 1.29 is 19.1 Å². The van der Waals surface area contributed by atoms with E-state index >= 15 is 0 Å². The second-order valence-electron chi connectivity index (χ2n) is 8.49. The molecular formula is C24H30N2O4. The first-order valence-corrected chi connectivity index (χ1v) is 10.2. The van der Waals surface area contributed by atoms with Gasteiger partial charge < -0.3 is 14.4 Å². The highest BCUT2D eigenvalue weighted by Crippen LogP contribution is 2.22. The fourth-order valence-corrected chi connectivity index (χ4v) is 3.52. The SMILES string of the molecule is COc1ccc(CN2CCN(C(=O)OC(C)(C)C)[C@@H](Cc3ccccc3)C2=O)cc1. The zero-order valence-corrected chi connectivity index (χ0v) is 18.1. The van der Waals surface area contributed by atoms with Crippen LogP contribution in [0, 0.1) is 0 Å². The van der Waals surface area contributed by atoms with E-state index in [2.05, 4.69) is 0 Å². The first-order valence-electron chi connectivity index (χ1n) is 10.2. The average Bonchev–Trinajstić information content (AvgIpc) is 2.71. The van der Waals surface area contributed by atoms with Gasteiger partial charge >= 0.3 is 6.09 Å². The van der Waals surface area contributed by atoms with E-state index in [0.717, 1.165) is 16.9 Å². The summed E-state index contributed by atoms with van der Waals surface area (Å²) < 4.78 is 10.8. The van der Waals surface area contributed by atoms with Gasteiger partial charge in [-0.1, -0.05) is 42.5 Å². The van der Waals surface area contributed by atoms with Crippen LogP contribution in [0.15, 0.2) is 54.6 Å². The minimum Gasteiger partial charge on any atom is -0.497 e. The van der Waals surface area contributed by atoms with E-state index in [1.165, 1.54) is 0 Å². The van der Waals surface area contributed by atoms with E-state index in [1.807, 2.05) is 80.3 Å². The molecule has 30 heavy (non-hydrogen) atoms. The van der Waals surface area contributed by atoms with Gasteiger partial charge in [-0.2, -0.15) is 0 Å². The molecule has 1 atom stereocenters. The second-order valence-corrected chi connectivity index (χ2v) is 8.49. The average molecular weight is 411 g/mol. The molecule has 2 aromatic carbocycles. The van der Waals surface area contributed by atoms with E-state index in [0.29, 0.717) is 26.1 Å². The lowest BCUT2D eigenvalue weighted by Crippen LogP contribution is -2.59. The Kier molecular flexibility index (Phi) is 6.65. The quantitative estimate of drug-likeness (QED) is 0.750. The number of benzene rings is 2. The van der Waals surface area contributed by atoms with Crippen molar-refractivity contribution in [3.63, 3.8) is 0 Å². The van der Waals surface area contributed by atoms with Crippen molar-refractivity contribution in [3.8, 4) is 5.75 Å². The summed E-state index contributed by atoms with van der Waals surface area (Å²) in [5.74, 6) is 0.716. The Balaban J connectivity index is 1.79. The van der Waals surface area contributed by atoms with Crippen molar-refractivity contribution in [2.75, 3.05) is 20.2 Å². The van der Waals surface area contributed by atoms with Crippen LogP contribution in [0.25, 0.3) is 0 Å². The zero-order valence-electron chi connectivity index (χ0n) is 18.1. The number of methoxy groups -OCH3 is 1. The van der Waals surface area contributed by atoms with E-state index in [4.69, 9.17) is 9.47 Å². The van der Waals surface area contributed by atoms with Gasteiger partial charge in [0.2, 0.25) is 5.91 Å². The molecule has 2 amide bonds. The third-order valence-electron chi connectivity index (χ3n) is 5.02. The summed E-state index contributed by atoms with van der Waals surface area (Å²) in [6.07, 6.45) is 0.0127. The number of piperazine rings is 1. The van der Waals surface area contributed by atoms with Crippen molar-refractivity contribution in [2.24, 2.45) is 0 Å². The molecule has 0 spiro atoms. The van der Waals surface area contributed by atoms with Crippen LogP contribution in [0.3, 0.4) is 0 Å². The van der Waals surface area contributed by atoms with Gasteiger partial charge in [0, 0.05) is 26.1 Å². The summed E-state index contributed by atoms with van der Waals surface area (Å²) in [5.41, 5.74) is 1.42. The van der Waals surface area contributed by atoms with E-state index < -0.39 is 17.7 Å². The molecule has 3 rings (SSSR count). The van der Waals surface area contributed by atoms with Crippen LogP contribution in [-0.2, 0) is 22.5 Å². The molecule has 160 valence electrons. The number of nitrogens with zero attached hydrogens (tertiary/aromatic N) is 2. The van der Waals surface area contributed by atoms with E-state index in [-0.39, 0.29) is 5.91 Å². The van der Waals surface area contributed by atoms with Gasteiger partial charge in [0.1, 0.15) is 17.4 Å². The molecule has 0 saturated carbocycles. The van der Waals surface area contributed by atoms with Crippen LogP contribution in [0.1, 0.15) is 31.9 Å². The van der Waals surface area contributed by atoms with Gasteiger partial charge in [0.25, 0.3) is 0 Å². The summed E-state index contributed by atoms with van der Waals surface area (Å²) >= 11 is 0. The Labute approximate surface area is 178 Å². The Morgan fingerprint density at radius 3 is 2.27 bits per heavy atom. The molecule has 2 aromatic rings. The minimum absolute atomic E-state index is 0.0632. The molecule has 1 aliphatic heterocycles. The number of hydrogen-bond donors (Lipinski definition) is 0. The highest BCUT2D eigenvalue weighted by Gasteiger charge is 2.39. The lowest BCUT2D eigenvalue weighted by molar-refractivity contribution is -0.142. The van der Waals surface area contributed by atoms with E-state index in [1.54, 1.807) is 12.0 Å². The molecule has 1 saturated heterocycles. The topological polar surface area (TPSA) is 59.1 Å². The maximum absolute atomic E-state index is 13.4. The van der Waals surface area contributed by atoms with Gasteiger partial charge in [-0.3, -0.25) is 9.69 Å². The molecule has 6 heteroatoms. The maximum atomic E-state index is 13.4. The Morgan fingerprint density at radius 1 is 1.00 bits per heavy atom. The van der Waals surface area contributed by atoms with Crippen LogP contribution in [0.2, 0.25) is 0 Å². The molecule has 0 radical (unpaired) electrons. The molecule has 6 nitrogen and oxygen atoms in total. The van der Waals surface area contributed by atoms with Crippen LogP contribution < -0.4 is 4.74 Å². The lowest BCUT2D eigenvalue weighted by Gasteiger charge is -2.41. The van der Waals surface area contributed by atoms with Gasteiger partial charge in [-0.15, -0.1) is 0 Å². The highest BCUT2D eigenvalue weighted by molar-refractivity contribution is 5.87. The van der Waals surface area contributed by atoms with Crippen LogP contribution >= 0.6 is 0 Å². The fraction of sp³-hybridized carbons (Fsp3) is 0.417. The first-order chi connectivity index (χ1) is 14.3. The van der Waals surface area contributed by atoms with Crippen molar-refractivity contribution in [1.82, 2.24) is 9.80 Å². The predicted molar refractivity (Wildman–Crippen MR) is 115 cm³/mol. The van der Waals surface area contributed by atoms with Gasteiger partial charge in [-0.05, 0) is 44.0 Å². The van der Waals surface area contributed by atoms with Gasteiger partial charge in [-0.25, -0.2) is 4.79 Å². The number of rotatable bonds is 5. The van der Waals surface area contributed by atoms with Crippen LogP contribution in [0.5, 0.6) is 5.75 Å². The standard InChI is InChI=1S/C24H30N2O4/c1-24(2,3)30-23(28)26-15-14-25(17-19-10-12-20(29-4)13-11-19)22(27)21(26)16-18-8-6-5-7-9-18/h5-13,21H,14-17H2,1-4H3/t21-/m0/s1. The van der Waals surface area contributed by atoms with Gasteiger partial charge in [0.15, 0.2) is 0 Å². The second kappa shape index (κ2) is 9.20. The van der Waals surface area contributed by atoms with Crippen molar-refractivity contribution in [2.45, 2.75) is 45.4 Å². The third kappa shape index (κ3) is 5.53. The van der Waals surface area contributed by atoms with E-state index in [9.17, 15) is 9.59 Å². The minimum atomic E-state index is -0.613. The lowest BCUT2D eigenvalue weighted by atomic mass is 10.0. The smallest absolute Gasteiger partial charge is 0.411 e. The Morgan fingerprint density at radius 2 is 1.67 bits per heavy atom. The molecule has 0 N–H and O–H groups in total. The summed E-state index contributed by atoms with van der Waals surface area (Å²) in [6.45, 7) is 6.90. The normalized spacial score (nSPS) is 17.1. The number of ether oxygens (including phenoxy) is 2. The Bertz CT molecular complexity index is 859. The summed E-state index contributed by atoms with van der Waals surface area (Å²) in [7, 11) is 1.63. The predicted octanol–water partition coefficient (Wildman–Crippen LogP) is 3.89. The largest absolute Gasteiger partial charge is 0.497 e. The number of hydrogen-bond acceptors (Lipinski definition) is 4. The van der Waals surface area contributed by atoms with Crippen molar-refractivity contribution in [1.29, 1.82) is 0 Å². The summed E-state index contributed by atoms with van der Waals surface area (Å²) in [6, 6.07) is 16.9. The summed E-state index contributed by atoms with van der Waals surface area (Å²) in [5, 5.41) is 0. The molecule has 1 heterocycles. The van der Waals surface area contributed by atoms with Crippen molar-refractivity contribution in [3.05, 3.63) is 65.7 Å². The zero-order chi connectivity index (χ0) is 21.7. The maximum Gasteiger partial charge on any atom is 0.411 e. The molecule has 0 bridgehead atoms. The van der Waals surface area contributed by atoms with Gasteiger partial charge in [0.05, 0.1) is 7.11 Å². The number of carbonyl (C=O) groups is 2. The molecule has 0 aromatic heterocycles. The molecule has 0 unspecified atom stereocenters. The summed E-state index contributed by atoms with van der Waals surface area (Å²) in [4.78, 5) is 29.6. The monoisotopic (exact) mass is 410 g/mol. The number of carbonyl (C=O) groups excluding carboxylic acids is 2.